The van der Waals surface area contributed by atoms with Gasteiger partial charge in [0.25, 0.3) is 11.7 Å². The molecule has 1 atom stereocenters. The summed E-state index contributed by atoms with van der Waals surface area (Å²) in [5.41, 5.74) is 0.0106. The van der Waals surface area contributed by atoms with E-state index >= 15 is 0 Å². The number of morpholine rings is 1. The molecule has 2 aliphatic heterocycles. The van der Waals surface area contributed by atoms with E-state index in [1.807, 2.05) is 0 Å². The lowest BCUT2D eigenvalue weighted by molar-refractivity contribution is -0.140. The Morgan fingerprint density at radius 2 is 1.70 bits per heavy atom. The van der Waals surface area contributed by atoms with Crippen LogP contribution in [0.3, 0.4) is 0 Å². The molecule has 0 aliphatic carbocycles. The maximum Gasteiger partial charge on any atom is 0.295 e. The fraction of sp³-hybridized carbons (Fsp3) is 0.385. The van der Waals surface area contributed by atoms with Crippen molar-refractivity contribution < 1.29 is 32.2 Å². The second-order valence-electron chi connectivity index (χ2n) is 9.13. The molecule has 2 heterocycles. The minimum Gasteiger partial charge on any atom is -0.507 e. The molecular weight excluding hydrogens is 501 g/mol. The highest BCUT2D eigenvalue weighted by molar-refractivity contribution is 7.89. The van der Waals surface area contributed by atoms with Gasteiger partial charge in [-0.2, -0.15) is 0 Å². The van der Waals surface area contributed by atoms with E-state index in [4.69, 9.17) is 4.74 Å². The number of ketones is 1. The average molecular weight is 532 g/mol. The number of rotatable bonds is 8. The first-order valence-corrected chi connectivity index (χ1v) is 13.4. The van der Waals surface area contributed by atoms with Crippen molar-refractivity contribution in [2.24, 2.45) is 0 Å². The number of Topliss-reactive ketones (excluding diaryl/α,β-unsaturated/α-hetero) is 1. The summed E-state index contributed by atoms with van der Waals surface area (Å²) in [6.45, 7) is 3.68. The van der Waals surface area contributed by atoms with Crippen LogP contribution >= 0.6 is 0 Å². The second kappa shape index (κ2) is 11.1. The van der Waals surface area contributed by atoms with E-state index in [1.54, 1.807) is 6.07 Å². The quantitative estimate of drug-likeness (QED) is 0.316. The molecule has 2 aromatic rings. The molecule has 4 rings (SSSR count). The Kier molecular flexibility index (Phi) is 8.08. The second-order valence-corrected chi connectivity index (χ2v) is 11.3. The molecule has 0 radical (unpaired) electrons. The predicted molar refractivity (Wildman–Crippen MR) is 135 cm³/mol. The minimum atomic E-state index is -3.70. The molecule has 11 heteroatoms. The van der Waals surface area contributed by atoms with Gasteiger partial charge >= 0.3 is 0 Å². The van der Waals surface area contributed by atoms with Crippen LogP contribution in [0.2, 0.25) is 0 Å². The average Bonchev–Trinajstić information content (AvgIpc) is 3.14. The Bertz CT molecular complexity index is 1300. The summed E-state index contributed by atoms with van der Waals surface area (Å²) in [6, 6.07) is 10.1. The molecule has 0 spiro atoms. The Hall–Kier alpha value is -3.12. The van der Waals surface area contributed by atoms with Gasteiger partial charge in [0.1, 0.15) is 11.6 Å². The predicted octanol–water partition coefficient (Wildman–Crippen LogP) is 2.22. The molecule has 2 aromatic carbocycles. The van der Waals surface area contributed by atoms with Crippen LogP contribution in [0.5, 0.6) is 0 Å². The van der Waals surface area contributed by atoms with Crippen LogP contribution in [0.15, 0.2) is 59.0 Å². The van der Waals surface area contributed by atoms with Gasteiger partial charge in [0, 0.05) is 51.4 Å². The lowest BCUT2D eigenvalue weighted by atomic mass is 9.95. The van der Waals surface area contributed by atoms with Crippen LogP contribution < -0.4 is 0 Å². The largest absolute Gasteiger partial charge is 0.507 e. The zero-order chi connectivity index (χ0) is 26.7. The number of hydrogen-bond donors (Lipinski definition) is 1. The number of nitrogens with zero attached hydrogens (tertiary/aromatic N) is 3. The number of aliphatic hydroxyl groups is 1. The van der Waals surface area contributed by atoms with Crippen molar-refractivity contribution in [3.8, 4) is 0 Å². The number of aliphatic hydroxyl groups excluding tert-OH is 1. The van der Waals surface area contributed by atoms with Gasteiger partial charge in [-0.05, 0) is 36.8 Å². The van der Waals surface area contributed by atoms with Crippen LogP contribution in [0, 0.1) is 5.82 Å². The number of carbonyl (C=O) groups excluding carboxylic acids is 2. The van der Waals surface area contributed by atoms with Crippen molar-refractivity contribution in [3.63, 3.8) is 0 Å². The molecule has 1 amide bonds. The van der Waals surface area contributed by atoms with Gasteiger partial charge in [-0.3, -0.25) is 14.5 Å². The van der Waals surface area contributed by atoms with E-state index < -0.39 is 39.3 Å². The van der Waals surface area contributed by atoms with Gasteiger partial charge in [0.2, 0.25) is 10.0 Å². The number of sulfonamides is 1. The van der Waals surface area contributed by atoms with Crippen molar-refractivity contribution in [2.45, 2.75) is 17.4 Å². The fourth-order valence-corrected chi connectivity index (χ4v) is 5.47. The molecule has 0 saturated carbocycles. The van der Waals surface area contributed by atoms with Crippen LogP contribution in [0.25, 0.3) is 5.76 Å². The first kappa shape index (κ1) is 26.9. The summed E-state index contributed by atoms with van der Waals surface area (Å²) in [5, 5.41) is 11.2. The van der Waals surface area contributed by atoms with E-state index in [0.717, 1.165) is 17.4 Å². The first-order chi connectivity index (χ1) is 17.6. The monoisotopic (exact) mass is 531 g/mol. The van der Waals surface area contributed by atoms with E-state index in [0.29, 0.717) is 26.2 Å². The third-order valence-electron chi connectivity index (χ3n) is 6.62. The fourth-order valence-electron chi connectivity index (χ4n) is 4.57. The molecule has 0 bridgehead atoms. The number of hydrogen-bond acceptors (Lipinski definition) is 7. The number of halogens is 1. The number of carbonyl (C=O) groups is 2. The highest BCUT2D eigenvalue weighted by Crippen LogP contribution is 2.40. The molecular formula is C26H30FN3O6S. The molecule has 0 aromatic heterocycles. The summed E-state index contributed by atoms with van der Waals surface area (Å²) in [7, 11) is -0.899. The normalized spacial score (nSPS) is 20.6. The number of ether oxygens (including phenoxy) is 1. The first-order valence-electron chi connectivity index (χ1n) is 12.0. The van der Waals surface area contributed by atoms with Gasteiger partial charge < -0.3 is 14.7 Å². The molecule has 2 aliphatic rings. The Balaban J connectivity index is 1.69. The van der Waals surface area contributed by atoms with E-state index in [-0.39, 0.29) is 28.1 Å². The van der Waals surface area contributed by atoms with Crippen molar-refractivity contribution in [3.05, 3.63) is 71.0 Å². The minimum absolute atomic E-state index is 0.00303. The summed E-state index contributed by atoms with van der Waals surface area (Å²) in [5.74, 6) is -2.83. The van der Waals surface area contributed by atoms with E-state index in [9.17, 15) is 27.5 Å². The topological polar surface area (TPSA) is 107 Å². The molecule has 198 valence electrons. The standard InChI is InChI=1S/C26H30FN3O6S/c1-28(2)37(34,35)19-10-8-18(9-11-19)24(31)22-23(20-6-3-4-7-21(20)27)30(26(33)25(22)32)13-5-12-29-14-16-36-17-15-29/h3-4,6-11,23,31H,5,12-17H2,1-2H3/b24-22+/t23-/m0/s1. The summed E-state index contributed by atoms with van der Waals surface area (Å²) in [4.78, 5) is 29.7. The van der Waals surface area contributed by atoms with Gasteiger partial charge in [-0.1, -0.05) is 18.2 Å². The molecule has 37 heavy (non-hydrogen) atoms. The highest BCUT2D eigenvalue weighted by Gasteiger charge is 2.46. The molecule has 1 N–H and O–H groups in total. The van der Waals surface area contributed by atoms with E-state index in [2.05, 4.69) is 4.90 Å². The number of likely N-dealkylation sites (tertiary alicyclic amines) is 1. The Morgan fingerprint density at radius 1 is 1.05 bits per heavy atom. The van der Waals surface area contributed by atoms with Gasteiger partial charge in [0.15, 0.2) is 0 Å². The lowest BCUT2D eigenvalue weighted by Gasteiger charge is -2.29. The van der Waals surface area contributed by atoms with Crippen molar-refractivity contribution >= 4 is 27.5 Å². The summed E-state index contributed by atoms with van der Waals surface area (Å²) < 4.78 is 46.1. The van der Waals surface area contributed by atoms with Crippen LogP contribution in [-0.2, 0) is 24.3 Å². The third kappa shape index (κ3) is 5.45. The van der Waals surface area contributed by atoms with Gasteiger partial charge in [-0.15, -0.1) is 0 Å². The van der Waals surface area contributed by atoms with Crippen LogP contribution in [-0.4, -0.2) is 92.8 Å². The molecule has 0 unspecified atom stereocenters. The van der Waals surface area contributed by atoms with Crippen molar-refractivity contribution in [2.75, 3.05) is 53.5 Å². The third-order valence-corrected chi connectivity index (χ3v) is 8.45. The van der Waals surface area contributed by atoms with Crippen molar-refractivity contribution in [1.29, 1.82) is 0 Å². The van der Waals surface area contributed by atoms with E-state index in [1.165, 1.54) is 61.5 Å². The smallest absolute Gasteiger partial charge is 0.295 e. The zero-order valence-electron chi connectivity index (χ0n) is 20.8. The van der Waals surface area contributed by atoms with Crippen LogP contribution in [0.4, 0.5) is 4.39 Å². The number of benzene rings is 2. The Labute approximate surface area is 215 Å². The van der Waals surface area contributed by atoms with Gasteiger partial charge in [0.05, 0.1) is 29.7 Å². The maximum atomic E-state index is 14.9. The number of amides is 1. The maximum absolute atomic E-state index is 14.9. The zero-order valence-corrected chi connectivity index (χ0v) is 21.6. The molecule has 2 saturated heterocycles. The van der Waals surface area contributed by atoms with Crippen molar-refractivity contribution in [1.82, 2.24) is 14.1 Å². The highest BCUT2D eigenvalue weighted by atomic mass is 32.2. The molecule has 9 nitrogen and oxygen atoms in total. The summed E-state index contributed by atoms with van der Waals surface area (Å²) >= 11 is 0. The van der Waals surface area contributed by atoms with Gasteiger partial charge in [-0.25, -0.2) is 17.1 Å². The molecule has 2 fully saturated rings. The summed E-state index contributed by atoms with van der Waals surface area (Å²) in [6.07, 6.45) is 0.551. The Morgan fingerprint density at radius 3 is 2.32 bits per heavy atom. The SMILES string of the molecule is CN(C)S(=O)(=O)c1ccc(/C(O)=C2\C(=O)C(=O)N(CCCN3CCOCC3)[C@H]2c2ccccc2F)cc1. The van der Waals surface area contributed by atoms with Crippen LogP contribution in [0.1, 0.15) is 23.6 Å². The lowest BCUT2D eigenvalue weighted by Crippen LogP contribution is -2.39.